The Balaban J connectivity index is 1.78. The molecule has 0 aromatic carbocycles. The molecule has 0 saturated carbocycles. The summed E-state index contributed by atoms with van der Waals surface area (Å²) in [5.74, 6) is 0.295. The smallest absolute Gasteiger partial charge is 0.309 e. The summed E-state index contributed by atoms with van der Waals surface area (Å²) in [6.07, 6.45) is 1.19. The van der Waals surface area contributed by atoms with Gasteiger partial charge in [0.25, 0.3) is 4.58 Å². The molecular formula is C12H18O6S2. The lowest BCUT2D eigenvalue weighted by atomic mass is 10.1. The first-order valence-corrected chi connectivity index (χ1v) is 9.39. The van der Waals surface area contributed by atoms with Crippen molar-refractivity contribution >= 4 is 34.3 Å². The zero-order valence-corrected chi connectivity index (χ0v) is 12.9. The first-order chi connectivity index (χ1) is 9.49. The van der Waals surface area contributed by atoms with Crippen LogP contribution in [0.5, 0.6) is 0 Å². The van der Waals surface area contributed by atoms with Crippen LogP contribution >= 0.6 is 0 Å². The Morgan fingerprint density at radius 3 is 2.20 bits per heavy atom. The molecular weight excluding hydrogens is 304 g/mol. The molecule has 0 radical (unpaired) electrons. The van der Waals surface area contributed by atoms with E-state index < -0.39 is 26.9 Å². The number of carbonyl (C=O) groups excluding carboxylic acids is 2. The predicted octanol–water partition coefficient (Wildman–Crippen LogP) is 0.241. The summed E-state index contributed by atoms with van der Waals surface area (Å²) in [7, 11) is 0. The Kier molecular flexibility index (Phi) is 5.59. The SMILES string of the molecule is CC[S+]([O-])C(CC1CC(=O)O1)[S+]([O-])CCC1CC(=O)O1. The maximum absolute atomic E-state index is 12.3. The third kappa shape index (κ3) is 4.03. The molecule has 20 heavy (non-hydrogen) atoms. The molecule has 2 saturated heterocycles. The van der Waals surface area contributed by atoms with Gasteiger partial charge >= 0.3 is 11.9 Å². The fourth-order valence-corrected chi connectivity index (χ4v) is 5.77. The van der Waals surface area contributed by atoms with Crippen LogP contribution in [0.15, 0.2) is 0 Å². The van der Waals surface area contributed by atoms with E-state index in [1.807, 2.05) is 0 Å². The van der Waals surface area contributed by atoms with Crippen molar-refractivity contribution in [3.05, 3.63) is 0 Å². The second kappa shape index (κ2) is 7.02. The van der Waals surface area contributed by atoms with Gasteiger partial charge in [-0.05, 0) is 6.92 Å². The lowest BCUT2D eigenvalue weighted by molar-refractivity contribution is -0.170. The van der Waals surface area contributed by atoms with Crippen molar-refractivity contribution in [2.24, 2.45) is 0 Å². The summed E-state index contributed by atoms with van der Waals surface area (Å²) in [6, 6.07) is 0. The van der Waals surface area contributed by atoms with Crippen LogP contribution in [-0.2, 0) is 41.4 Å². The van der Waals surface area contributed by atoms with Crippen molar-refractivity contribution in [3.8, 4) is 0 Å². The molecule has 2 rings (SSSR count). The highest BCUT2D eigenvalue weighted by Crippen LogP contribution is 2.27. The molecule has 0 spiro atoms. The summed E-state index contributed by atoms with van der Waals surface area (Å²) in [6.45, 7) is 1.78. The van der Waals surface area contributed by atoms with Crippen LogP contribution in [0.25, 0.3) is 0 Å². The van der Waals surface area contributed by atoms with Gasteiger partial charge in [-0.2, -0.15) is 0 Å². The number of rotatable bonds is 8. The molecule has 114 valence electrons. The molecule has 2 fully saturated rings. The molecule has 5 unspecified atom stereocenters. The quantitative estimate of drug-likeness (QED) is 0.469. The first-order valence-electron chi connectivity index (χ1n) is 6.63. The van der Waals surface area contributed by atoms with Gasteiger partial charge in [0.05, 0.1) is 19.3 Å². The van der Waals surface area contributed by atoms with Gasteiger partial charge in [0.15, 0.2) is 0 Å². The molecule has 6 nitrogen and oxygen atoms in total. The van der Waals surface area contributed by atoms with E-state index in [1.54, 1.807) is 6.92 Å². The van der Waals surface area contributed by atoms with Gasteiger partial charge in [0, 0.05) is 28.8 Å². The van der Waals surface area contributed by atoms with E-state index in [2.05, 4.69) is 0 Å². The summed E-state index contributed by atoms with van der Waals surface area (Å²) in [5.41, 5.74) is 0. The minimum Gasteiger partial charge on any atom is -0.612 e. The van der Waals surface area contributed by atoms with Gasteiger partial charge in [0.2, 0.25) is 0 Å². The molecule has 0 aromatic heterocycles. The summed E-state index contributed by atoms with van der Waals surface area (Å²) in [4.78, 5) is 21.4. The standard InChI is InChI=1S/C12H18O6S2/c1-2-19(15)12(7-9-6-11(14)18-9)20(16)4-3-8-5-10(13)17-8/h8-9,12H,2-7H2,1H3. The lowest BCUT2D eigenvalue weighted by Crippen LogP contribution is -2.43. The monoisotopic (exact) mass is 322 g/mol. The van der Waals surface area contributed by atoms with Crippen LogP contribution < -0.4 is 0 Å². The van der Waals surface area contributed by atoms with Gasteiger partial charge in [-0.1, -0.05) is 0 Å². The van der Waals surface area contributed by atoms with Crippen LogP contribution in [-0.4, -0.2) is 49.3 Å². The Labute approximate surface area is 123 Å². The summed E-state index contributed by atoms with van der Waals surface area (Å²) in [5, 5.41) is 0. The molecule has 0 aromatic rings. The van der Waals surface area contributed by atoms with Crippen LogP contribution in [0.3, 0.4) is 0 Å². The lowest BCUT2D eigenvalue weighted by Gasteiger charge is -2.31. The Hall–Kier alpha value is -0.440. The molecule has 2 aliphatic heterocycles. The Morgan fingerprint density at radius 2 is 1.70 bits per heavy atom. The van der Waals surface area contributed by atoms with Gasteiger partial charge in [0.1, 0.15) is 23.7 Å². The number of hydrogen-bond acceptors (Lipinski definition) is 6. The van der Waals surface area contributed by atoms with E-state index in [0.29, 0.717) is 37.2 Å². The predicted molar refractivity (Wildman–Crippen MR) is 73.7 cm³/mol. The Bertz CT molecular complexity index is 361. The highest BCUT2D eigenvalue weighted by Gasteiger charge is 2.41. The van der Waals surface area contributed by atoms with E-state index in [0.717, 1.165) is 0 Å². The average Bonchev–Trinajstić information content (AvgIpc) is 2.35. The normalized spacial score (nSPS) is 29.6. The minimum atomic E-state index is -1.27. The maximum atomic E-state index is 12.3. The topological polar surface area (TPSA) is 98.7 Å². The van der Waals surface area contributed by atoms with Crippen molar-refractivity contribution < 1.29 is 28.2 Å². The van der Waals surface area contributed by atoms with Crippen molar-refractivity contribution in [3.63, 3.8) is 0 Å². The molecule has 0 N–H and O–H groups in total. The fourth-order valence-electron chi connectivity index (χ4n) is 2.13. The van der Waals surface area contributed by atoms with E-state index >= 15 is 0 Å². The van der Waals surface area contributed by atoms with Crippen LogP contribution in [0, 0.1) is 0 Å². The van der Waals surface area contributed by atoms with Crippen molar-refractivity contribution in [1.82, 2.24) is 0 Å². The number of ether oxygens (including phenoxy) is 2. The van der Waals surface area contributed by atoms with Gasteiger partial charge < -0.3 is 18.6 Å². The average molecular weight is 322 g/mol. The van der Waals surface area contributed by atoms with Crippen LogP contribution in [0.4, 0.5) is 0 Å². The third-order valence-corrected chi connectivity index (χ3v) is 7.40. The van der Waals surface area contributed by atoms with E-state index in [1.165, 1.54) is 0 Å². The van der Waals surface area contributed by atoms with Gasteiger partial charge in [-0.25, -0.2) is 0 Å². The van der Waals surface area contributed by atoms with Crippen LogP contribution in [0.1, 0.15) is 32.6 Å². The minimum absolute atomic E-state index is 0.149. The second-order valence-electron chi connectivity index (χ2n) is 4.84. The number of esters is 2. The maximum Gasteiger partial charge on any atom is 0.309 e. The molecule has 0 bridgehead atoms. The van der Waals surface area contributed by atoms with Gasteiger partial charge in [-0.3, -0.25) is 9.59 Å². The molecule has 2 heterocycles. The zero-order valence-electron chi connectivity index (χ0n) is 11.2. The summed E-state index contributed by atoms with van der Waals surface area (Å²) >= 11 is -2.47. The van der Waals surface area contributed by atoms with Crippen molar-refractivity contribution in [2.45, 2.75) is 49.4 Å². The van der Waals surface area contributed by atoms with Crippen molar-refractivity contribution in [2.75, 3.05) is 11.5 Å². The molecule has 8 heteroatoms. The molecule has 2 aliphatic rings. The zero-order chi connectivity index (χ0) is 14.7. The largest absolute Gasteiger partial charge is 0.612 e. The number of hydrogen-bond donors (Lipinski definition) is 0. The van der Waals surface area contributed by atoms with Crippen LogP contribution in [0.2, 0.25) is 0 Å². The third-order valence-electron chi connectivity index (χ3n) is 3.35. The van der Waals surface area contributed by atoms with E-state index in [-0.39, 0.29) is 24.1 Å². The highest BCUT2D eigenvalue weighted by atomic mass is 32.3. The summed E-state index contributed by atoms with van der Waals surface area (Å²) < 4.78 is 33.5. The van der Waals surface area contributed by atoms with Crippen molar-refractivity contribution in [1.29, 1.82) is 0 Å². The van der Waals surface area contributed by atoms with E-state index in [4.69, 9.17) is 9.47 Å². The van der Waals surface area contributed by atoms with Gasteiger partial charge in [-0.15, -0.1) is 0 Å². The Morgan fingerprint density at radius 1 is 1.15 bits per heavy atom. The molecule has 5 atom stereocenters. The molecule has 0 aliphatic carbocycles. The fraction of sp³-hybridized carbons (Fsp3) is 0.833. The number of carbonyl (C=O) groups is 2. The van der Waals surface area contributed by atoms with E-state index in [9.17, 15) is 18.7 Å². The first kappa shape index (κ1) is 15.9. The highest BCUT2D eigenvalue weighted by molar-refractivity contribution is 8.09. The second-order valence-corrected chi connectivity index (χ2v) is 8.79. The number of cyclic esters (lactones) is 2. The molecule has 0 amide bonds.